The average molecular weight is 932 g/mol. The number of carbonyl (C=O) groups excluding carboxylic acids is 4. The first-order valence-corrected chi connectivity index (χ1v) is 17.3. The molecule has 2 unspecified atom stereocenters. The molecule has 2 amide bonds. The van der Waals surface area contributed by atoms with E-state index in [0.717, 1.165) is 18.9 Å². The summed E-state index contributed by atoms with van der Waals surface area (Å²) in [6.07, 6.45) is 4.54. The Morgan fingerprint density at radius 2 is 1.41 bits per heavy atom. The van der Waals surface area contributed by atoms with Crippen LogP contribution in [0, 0.1) is 6.20 Å². The molecule has 2 atom stereocenters. The predicted octanol–water partition coefficient (Wildman–Crippen LogP) is 4.18. The van der Waals surface area contributed by atoms with Crippen LogP contribution in [0.15, 0.2) is 36.7 Å². The van der Waals surface area contributed by atoms with Crippen LogP contribution in [0.5, 0.6) is 0 Å². The Hall–Kier alpha value is -3.85. The quantitative estimate of drug-likeness (QED) is 0.185. The second kappa shape index (κ2) is 26.0. The fourth-order valence-electron chi connectivity index (χ4n) is 4.39. The number of aromatic nitrogens is 2. The fraction of sp³-hybridized carbons (Fsp3) is 0.622. The maximum Gasteiger partial charge on any atom is 0.407 e. The molecule has 2 fully saturated rings. The zero-order valence-electron chi connectivity index (χ0n) is 32.0. The molecule has 0 aromatic carbocycles. The van der Waals surface area contributed by atoms with Crippen LogP contribution in [0.3, 0.4) is 0 Å². The number of carbonyl (C=O) groups is 4. The van der Waals surface area contributed by atoms with Gasteiger partial charge in [0.1, 0.15) is 17.0 Å². The minimum atomic E-state index is -0.534. The van der Waals surface area contributed by atoms with Crippen LogP contribution in [-0.2, 0) is 49.5 Å². The summed E-state index contributed by atoms with van der Waals surface area (Å²) in [5.41, 5.74) is -0.0956. The Morgan fingerprint density at radius 3 is 1.87 bits per heavy atom. The smallest absolute Gasteiger partial charge is 0.407 e. The minimum absolute atomic E-state index is 0. The van der Waals surface area contributed by atoms with Gasteiger partial charge in [0.05, 0.1) is 44.2 Å². The van der Waals surface area contributed by atoms with Gasteiger partial charge in [-0.3, -0.25) is 0 Å². The molecule has 2 aromatic rings. The number of esters is 2. The number of nitrogens with zero attached hydrogens (tertiary/aromatic N) is 3. The van der Waals surface area contributed by atoms with Crippen LogP contribution in [-0.4, -0.2) is 123 Å². The molecule has 0 spiro atoms. The second-order valence-corrected chi connectivity index (χ2v) is 13.4. The summed E-state index contributed by atoms with van der Waals surface area (Å²) in [4.78, 5) is 55.8. The molecule has 17 heteroatoms. The number of amides is 2. The Kier molecular flexibility index (Phi) is 24.2. The monoisotopic (exact) mass is 931 g/mol. The van der Waals surface area contributed by atoms with Crippen LogP contribution in [0.2, 0.25) is 0 Å². The zero-order chi connectivity index (χ0) is 38.6. The molecule has 4 rings (SSSR count). The van der Waals surface area contributed by atoms with Gasteiger partial charge >= 0.3 is 24.1 Å². The standard InChI is InChI=1S/C18H27N3O5.C10H20N2O3.C8H8NO2.CH4.W/c1-5-24-16(22)13-6-7-15(19-10-13)21-8-9-25-14(12-21)11-20-17(23)26-18(2,3)4;1-10(2,3)15-9(13)12-7-8-6-11-4-5-14-8;1-2-11-8(10)7-4-3-5-9-6-7;;/h6-7,10,14H,5,8-9,11-12H2,1-4H3,(H,20,23);8,11H,4-7H2,1-3H3,(H,12,13);3-4,6H,2H2,1H3;1H4;/q;;-1;;. The molecule has 2 aromatic heterocycles. The zero-order valence-corrected chi connectivity index (χ0v) is 35.0. The normalized spacial score (nSPS) is 16.5. The van der Waals surface area contributed by atoms with Gasteiger partial charge in [-0.25, -0.2) is 24.2 Å². The molecule has 304 valence electrons. The van der Waals surface area contributed by atoms with E-state index in [2.05, 4.69) is 37.0 Å². The SMILES string of the molecule is C.CC(C)(C)OC(=O)NCC1CNCCO1.CCOC(=O)c1cc[c-]nc1.CCOC(=O)c1ccc(N2CCOC(CNC(=O)OC(C)(C)C)C2)nc1.[W]. The topological polar surface area (TPSA) is 189 Å². The molecule has 0 bridgehead atoms. The number of hydrogen-bond acceptors (Lipinski definition) is 14. The van der Waals surface area contributed by atoms with Crippen LogP contribution in [0.1, 0.15) is 83.5 Å². The number of morpholine rings is 2. The van der Waals surface area contributed by atoms with Crippen molar-refractivity contribution in [2.24, 2.45) is 0 Å². The molecule has 54 heavy (non-hydrogen) atoms. The van der Waals surface area contributed by atoms with Gasteiger partial charge in [-0.15, -0.1) is 0 Å². The number of pyridine rings is 2. The van der Waals surface area contributed by atoms with E-state index in [-0.39, 0.29) is 52.6 Å². The summed E-state index contributed by atoms with van der Waals surface area (Å²) in [7, 11) is 0. The van der Waals surface area contributed by atoms with E-state index in [1.165, 1.54) is 12.4 Å². The summed E-state index contributed by atoms with van der Waals surface area (Å²) in [6.45, 7) is 20.2. The van der Waals surface area contributed by atoms with Crippen molar-refractivity contribution < 1.29 is 68.7 Å². The molecular formula is C37H59N6O10W-. The Morgan fingerprint density at radius 1 is 0.852 bits per heavy atom. The van der Waals surface area contributed by atoms with Gasteiger partial charge < -0.3 is 54.3 Å². The van der Waals surface area contributed by atoms with Gasteiger partial charge in [0.15, 0.2) is 0 Å². The Bertz CT molecular complexity index is 1370. The van der Waals surface area contributed by atoms with Gasteiger partial charge in [0.25, 0.3) is 0 Å². The number of anilines is 1. The van der Waals surface area contributed by atoms with E-state index in [4.69, 9.17) is 28.4 Å². The van der Waals surface area contributed by atoms with Crippen molar-refractivity contribution in [2.75, 3.05) is 70.6 Å². The Balaban J connectivity index is 0.000000850. The molecule has 2 aliphatic heterocycles. The molecule has 4 heterocycles. The average Bonchev–Trinajstić information content (AvgIpc) is 3.10. The van der Waals surface area contributed by atoms with Crippen molar-refractivity contribution in [1.29, 1.82) is 0 Å². The molecule has 16 nitrogen and oxygen atoms in total. The van der Waals surface area contributed by atoms with Crippen molar-refractivity contribution in [3.8, 4) is 0 Å². The molecule has 2 saturated heterocycles. The first-order chi connectivity index (χ1) is 24.6. The van der Waals surface area contributed by atoms with Crippen LogP contribution in [0.4, 0.5) is 15.4 Å². The van der Waals surface area contributed by atoms with E-state index in [1.807, 2.05) is 41.5 Å². The van der Waals surface area contributed by atoms with E-state index < -0.39 is 23.4 Å². The first-order valence-electron chi connectivity index (χ1n) is 17.3. The maximum absolute atomic E-state index is 11.7. The third kappa shape index (κ3) is 21.8. The van der Waals surface area contributed by atoms with E-state index >= 15 is 0 Å². The predicted molar refractivity (Wildman–Crippen MR) is 199 cm³/mol. The van der Waals surface area contributed by atoms with E-state index in [0.29, 0.717) is 63.7 Å². The summed E-state index contributed by atoms with van der Waals surface area (Å²) in [5.74, 6) is 0.0329. The third-order valence-electron chi connectivity index (χ3n) is 6.60. The molecule has 3 N–H and O–H groups in total. The first kappa shape index (κ1) is 50.1. The van der Waals surface area contributed by atoms with Gasteiger partial charge in [-0.1, -0.05) is 19.8 Å². The van der Waals surface area contributed by atoms with Gasteiger partial charge in [0.2, 0.25) is 0 Å². The number of nitrogens with one attached hydrogen (secondary N) is 3. The minimum Gasteiger partial charge on any atom is -0.464 e. The summed E-state index contributed by atoms with van der Waals surface area (Å²) >= 11 is 0. The van der Waals surface area contributed by atoms with E-state index in [1.54, 1.807) is 38.1 Å². The van der Waals surface area contributed by atoms with Crippen molar-refractivity contribution >= 4 is 29.9 Å². The molecular weight excluding hydrogens is 872 g/mol. The number of rotatable bonds is 9. The molecule has 2 aliphatic rings. The largest absolute Gasteiger partial charge is 0.464 e. The van der Waals surface area contributed by atoms with Crippen LogP contribution in [0.25, 0.3) is 0 Å². The molecule has 0 saturated carbocycles. The van der Waals surface area contributed by atoms with Gasteiger partial charge in [0, 0.05) is 66.5 Å². The van der Waals surface area contributed by atoms with Crippen molar-refractivity contribution in [3.05, 3.63) is 54.0 Å². The van der Waals surface area contributed by atoms with Crippen LogP contribution >= 0.6 is 0 Å². The summed E-state index contributed by atoms with van der Waals surface area (Å²) in [5, 5.41) is 8.60. The summed E-state index contributed by atoms with van der Waals surface area (Å²) < 4.78 is 31.1. The summed E-state index contributed by atoms with van der Waals surface area (Å²) in [6, 6.07) is 6.68. The van der Waals surface area contributed by atoms with Crippen molar-refractivity contribution in [2.45, 2.75) is 86.2 Å². The van der Waals surface area contributed by atoms with Gasteiger partial charge in [-0.05, 0) is 73.1 Å². The molecule has 0 radical (unpaired) electrons. The fourth-order valence-corrected chi connectivity index (χ4v) is 4.39. The van der Waals surface area contributed by atoms with Crippen molar-refractivity contribution in [1.82, 2.24) is 25.9 Å². The maximum atomic E-state index is 11.7. The number of alkyl carbamates (subject to hydrolysis) is 2. The number of hydrogen-bond donors (Lipinski definition) is 3. The van der Waals surface area contributed by atoms with Crippen LogP contribution < -0.4 is 20.9 Å². The van der Waals surface area contributed by atoms with Crippen molar-refractivity contribution in [3.63, 3.8) is 0 Å². The number of ether oxygens (including phenoxy) is 6. The Labute approximate surface area is 334 Å². The third-order valence-corrected chi connectivity index (χ3v) is 6.60. The second-order valence-electron chi connectivity index (χ2n) is 13.4. The van der Waals surface area contributed by atoms with Gasteiger partial charge in [-0.2, -0.15) is 12.1 Å². The van der Waals surface area contributed by atoms with E-state index in [9.17, 15) is 19.2 Å². The molecule has 0 aliphatic carbocycles.